The standard InChI is InChI=1S/C24H19N3O5S/c28-27(29)22-9-3-6-19(13-22)17-32-23-10-4-5-18(14-23)16-25-26-33(30,31)24-12-11-20-7-1-2-8-21(20)15-24/h1-16,26H,17H2. The summed E-state index contributed by atoms with van der Waals surface area (Å²) in [5, 5.41) is 16.5. The first kappa shape index (κ1) is 22.0. The van der Waals surface area contributed by atoms with E-state index in [9.17, 15) is 18.5 Å². The van der Waals surface area contributed by atoms with E-state index >= 15 is 0 Å². The Bertz CT molecular complexity index is 1450. The molecule has 33 heavy (non-hydrogen) atoms. The number of non-ortho nitro benzene ring substituents is 1. The van der Waals surface area contributed by atoms with Gasteiger partial charge >= 0.3 is 0 Å². The fraction of sp³-hybridized carbons (Fsp3) is 0.0417. The molecule has 0 heterocycles. The van der Waals surface area contributed by atoms with E-state index in [1.807, 2.05) is 24.3 Å². The molecule has 4 rings (SSSR count). The lowest BCUT2D eigenvalue weighted by Crippen LogP contribution is -2.18. The first-order valence-corrected chi connectivity index (χ1v) is 11.4. The molecular formula is C24H19N3O5S. The van der Waals surface area contributed by atoms with Crippen molar-refractivity contribution < 1.29 is 18.1 Å². The van der Waals surface area contributed by atoms with Gasteiger partial charge in [0.05, 0.1) is 16.0 Å². The maximum atomic E-state index is 12.6. The minimum Gasteiger partial charge on any atom is -0.489 e. The van der Waals surface area contributed by atoms with Crippen LogP contribution in [0, 0.1) is 10.1 Å². The third-order valence-corrected chi connectivity index (χ3v) is 6.02. The van der Waals surface area contributed by atoms with Crippen LogP contribution in [0.2, 0.25) is 0 Å². The Hall–Kier alpha value is -4.24. The summed E-state index contributed by atoms with van der Waals surface area (Å²) in [6.07, 6.45) is 1.37. The van der Waals surface area contributed by atoms with Crippen LogP contribution in [-0.2, 0) is 16.6 Å². The van der Waals surface area contributed by atoms with Crippen molar-refractivity contribution in [1.82, 2.24) is 4.83 Å². The molecule has 0 amide bonds. The van der Waals surface area contributed by atoms with Crippen LogP contribution < -0.4 is 9.57 Å². The second kappa shape index (κ2) is 9.49. The highest BCUT2D eigenvalue weighted by Crippen LogP contribution is 2.19. The van der Waals surface area contributed by atoms with Crippen LogP contribution in [-0.4, -0.2) is 19.6 Å². The summed E-state index contributed by atoms with van der Waals surface area (Å²) in [6, 6.07) is 25.5. The average molecular weight is 461 g/mol. The molecule has 0 aromatic heterocycles. The maximum Gasteiger partial charge on any atom is 0.276 e. The lowest BCUT2D eigenvalue weighted by Gasteiger charge is -2.07. The van der Waals surface area contributed by atoms with Gasteiger partial charge in [-0.1, -0.05) is 54.6 Å². The highest BCUT2D eigenvalue weighted by molar-refractivity contribution is 7.89. The highest BCUT2D eigenvalue weighted by atomic mass is 32.2. The molecule has 0 fully saturated rings. The van der Waals surface area contributed by atoms with Gasteiger partial charge in [-0.3, -0.25) is 10.1 Å². The van der Waals surface area contributed by atoms with Crippen LogP contribution in [0.4, 0.5) is 5.69 Å². The lowest BCUT2D eigenvalue weighted by atomic mass is 10.1. The van der Waals surface area contributed by atoms with Gasteiger partial charge in [0, 0.05) is 12.1 Å². The molecule has 0 saturated carbocycles. The molecule has 9 heteroatoms. The molecular weight excluding hydrogens is 442 g/mol. The highest BCUT2D eigenvalue weighted by Gasteiger charge is 2.13. The number of nitrogens with one attached hydrogen (secondary N) is 1. The van der Waals surface area contributed by atoms with Crippen molar-refractivity contribution in [3.63, 3.8) is 0 Å². The third-order valence-electron chi connectivity index (χ3n) is 4.80. The number of nitrogens with zero attached hydrogens (tertiary/aromatic N) is 2. The number of sulfonamides is 1. The van der Waals surface area contributed by atoms with E-state index in [4.69, 9.17) is 4.74 Å². The zero-order chi connectivity index (χ0) is 23.3. The van der Waals surface area contributed by atoms with E-state index in [0.717, 1.165) is 10.8 Å². The molecule has 0 aliphatic rings. The molecule has 8 nitrogen and oxygen atoms in total. The lowest BCUT2D eigenvalue weighted by molar-refractivity contribution is -0.384. The summed E-state index contributed by atoms with van der Waals surface area (Å²) < 4.78 is 30.8. The van der Waals surface area contributed by atoms with Crippen molar-refractivity contribution in [1.29, 1.82) is 0 Å². The second-order valence-corrected chi connectivity index (χ2v) is 8.81. The second-order valence-electron chi connectivity index (χ2n) is 7.15. The zero-order valence-electron chi connectivity index (χ0n) is 17.3. The van der Waals surface area contributed by atoms with Crippen molar-refractivity contribution in [3.05, 3.63) is 112 Å². The van der Waals surface area contributed by atoms with Gasteiger partial charge in [-0.15, -0.1) is 0 Å². The number of nitro benzene ring substituents is 1. The largest absolute Gasteiger partial charge is 0.489 e. The Kier molecular flexibility index (Phi) is 6.32. The molecule has 1 N–H and O–H groups in total. The van der Waals surface area contributed by atoms with Gasteiger partial charge in [-0.2, -0.15) is 13.5 Å². The van der Waals surface area contributed by atoms with Crippen LogP contribution in [0.3, 0.4) is 0 Å². The Morgan fingerprint density at radius 3 is 2.52 bits per heavy atom. The van der Waals surface area contributed by atoms with E-state index in [0.29, 0.717) is 16.9 Å². The van der Waals surface area contributed by atoms with Gasteiger partial charge in [0.1, 0.15) is 12.4 Å². The first-order valence-electron chi connectivity index (χ1n) is 9.91. The first-order chi connectivity index (χ1) is 15.9. The Morgan fingerprint density at radius 2 is 1.70 bits per heavy atom. The normalized spacial score (nSPS) is 11.5. The molecule has 166 valence electrons. The molecule has 0 aliphatic carbocycles. The van der Waals surface area contributed by atoms with Crippen molar-refractivity contribution in [3.8, 4) is 5.75 Å². The number of ether oxygens (including phenoxy) is 1. The number of rotatable bonds is 8. The summed E-state index contributed by atoms with van der Waals surface area (Å²) in [5.74, 6) is 0.517. The number of hydrogen-bond acceptors (Lipinski definition) is 6. The van der Waals surface area contributed by atoms with Gasteiger partial charge in [-0.25, -0.2) is 4.83 Å². The van der Waals surface area contributed by atoms with E-state index in [2.05, 4.69) is 9.93 Å². The summed E-state index contributed by atoms with van der Waals surface area (Å²) in [6.45, 7) is 0.150. The molecule has 0 unspecified atom stereocenters. The van der Waals surface area contributed by atoms with Gasteiger partial charge in [0.15, 0.2) is 0 Å². The molecule has 0 bridgehead atoms. The summed E-state index contributed by atoms with van der Waals surface area (Å²) in [5.41, 5.74) is 1.27. The summed E-state index contributed by atoms with van der Waals surface area (Å²) in [7, 11) is -3.82. The zero-order valence-corrected chi connectivity index (χ0v) is 18.1. The number of benzene rings is 4. The monoisotopic (exact) mass is 461 g/mol. The number of fused-ring (bicyclic) bond motifs is 1. The predicted molar refractivity (Wildman–Crippen MR) is 126 cm³/mol. The maximum absolute atomic E-state index is 12.6. The summed E-state index contributed by atoms with van der Waals surface area (Å²) >= 11 is 0. The molecule has 0 aliphatic heterocycles. The average Bonchev–Trinajstić information content (AvgIpc) is 2.83. The van der Waals surface area contributed by atoms with Gasteiger partial charge < -0.3 is 4.74 Å². The molecule has 0 spiro atoms. The third kappa shape index (κ3) is 5.52. The Morgan fingerprint density at radius 1 is 0.909 bits per heavy atom. The molecule has 4 aromatic carbocycles. The minimum atomic E-state index is -3.82. The molecule has 0 atom stereocenters. The van der Waals surface area contributed by atoms with Crippen molar-refractivity contribution in [2.75, 3.05) is 0 Å². The molecule has 0 saturated heterocycles. The van der Waals surface area contributed by atoms with E-state index in [-0.39, 0.29) is 17.2 Å². The topological polar surface area (TPSA) is 111 Å². The quantitative estimate of drug-likeness (QED) is 0.233. The van der Waals surface area contributed by atoms with E-state index in [1.165, 1.54) is 24.4 Å². The minimum absolute atomic E-state index is 0.00400. The van der Waals surface area contributed by atoms with Gasteiger partial charge in [0.25, 0.3) is 15.7 Å². The van der Waals surface area contributed by atoms with Crippen molar-refractivity contribution in [2.45, 2.75) is 11.5 Å². The van der Waals surface area contributed by atoms with E-state index in [1.54, 1.807) is 48.5 Å². The van der Waals surface area contributed by atoms with Crippen LogP contribution in [0.25, 0.3) is 10.8 Å². The number of hydrogen-bond donors (Lipinski definition) is 1. The van der Waals surface area contributed by atoms with Crippen molar-refractivity contribution in [2.24, 2.45) is 5.10 Å². The van der Waals surface area contributed by atoms with E-state index < -0.39 is 14.9 Å². The smallest absolute Gasteiger partial charge is 0.276 e. The Labute approximate surface area is 190 Å². The summed E-state index contributed by atoms with van der Waals surface area (Å²) in [4.78, 5) is 12.8. The van der Waals surface area contributed by atoms with Crippen LogP contribution >= 0.6 is 0 Å². The fourth-order valence-corrected chi connectivity index (χ4v) is 3.99. The predicted octanol–water partition coefficient (Wildman–Crippen LogP) is 4.64. The fourth-order valence-electron chi connectivity index (χ4n) is 3.17. The molecule has 4 aromatic rings. The van der Waals surface area contributed by atoms with Crippen LogP contribution in [0.1, 0.15) is 11.1 Å². The van der Waals surface area contributed by atoms with Gasteiger partial charge in [-0.05, 0) is 46.2 Å². The van der Waals surface area contributed by atoms with Crippen molar-refractivity contribution >= 4 is 32.7 Å². The number of hydrazone groups is 1. The van der Waals surface area contributed by atoms with Crippen LogP contribution in [0.5, 0.6) is 5.75 Å². The Balaban J connectivity index is 1.41. The van der Waals surface area contributed by atoms with Gasteiger partial charge in [0.2, 0.25) is 0 Å². The molecule has 0 radical (unpaired) electrons. The SMILES string of the molecule is O=[N+]([O-])c1cccc(COc2cccc(C=NNS(=O)(=O)c3ccc4ccccc4c3)c2)c1. The van der Waals surface area contributed by atoms with Crippen LogP contribution in [0.15, 0.2) is 101 Å². The number of nitro groups is 1.